The summed E-state index contributed by atoms with van der Waals surface area (Å²) in [5.41, 5.74) is 1.44. The van der Waals surface area contributed by atoms with Crippen LogP contribution in [0.15, 0.2) is 46.3 Å². The van der Waals surface area contributed by atoms with Gasteiger partial charge in [0.25, 0.3) is 10.0 Å². The van der Waals surface area contributed by atoms with Crippen LogP contribution >= 0.6 is 11.8 Å². The first-order chi connectivity index (χ1) is 10.1. The Morgan fingerprint density at radius 2 is 2.05 bits per heavy atom. The molecule has 0 fully saturated rings. The average molecular weight is 325 g/mol. The average Bonchev–Trinajstić information content (AvgIpc) is 2.95. The van der Waals surface area contributed by atoms with Gasteiger partial charge in [0.05, 0.1) is 5.69 Å². The molecule has 0 saturated carbocycles. The van der Waals surface area contributed by atoms with Gasteiger partial charge in [-0.2, -0.15) is 0 Å². The van der Waals surface area contributed by atoms with Gasteiger partial charge in [0.1, 0.15) is 4.90 Å². The number of para-hydroxylation sites is 1. The molecule has 0 aliphatic carbocycles. The normalized spacial score (nSPS) is 11.5. The molecule has 1 heterocycles. The number of benzene rings is 1. The van der Waals surface area contributed by atoms with Gasteiger partial charge in [0.15, 0.2) is 0 Å². The van der Waals surface area contributed by atoms with Crippen LogP contribution in [0.25, 0.3) is 0 Å². The van der Waals surface area contributed by atoms with E-state index in [4.69, 9.17) is 0 Å². The van der Waals surface area contributed by atoms with E-state index in [1.54, 1.807) is 12.1 Å². The fourth-order valence-electron chi connectivity index (χ4n) is 1.87. The third kappa shape index (κ3) is 4.03. The van der Waals surface area contributed by atoms with Gasteiger partial charge in [0.2, 0.25) is 0 Å². The van der Waals surface area contributed by atoms with Crippen molar-refractivity contribution in [1.29, 1.82) is 0 Å². The van der Waals surface area contributed by atoms with Crippen LogP contribution in [-0.4, -0.2) is 26.2 Å². The maximum Gasteiger partial charge on any atom is 0.263 e. The van der Waals surface area contributed by atoms with Crippen molar-refractivity contribution < 1.29 is 8.42 Å². The Morgan fingerprint density at radius 3 is 2.76 bits per heavy atom. The second kappa shape index (κ2) is 7.02. The quantitative estimate of drug-likeness (QED) is 0.684. The van der Waals surface area contributed by atoms with E-state index < -0.39 is 10.0 Å². The van der Waals surface area contributed by atoms with Crippen molar-refractivity contribution in [2.75, 3.05) is 17.5 Å². The van der Waals surface area contributed by atoms with Gasteiger partial charge >= 0.3 is 0 Å². The molecule has 0 unspecified atom stereocenters. The third-order valence-electron chi connectivity index (χ3n) is 2.94. The minimum Gasteiger partial charge on any atom is -0.363 e. The summed E-state index contributed by atoms with van der Waals surface area (Å²) in [6.45, 7) is 3.45. The minimum atomic E-state index is -3.57. The van der Waals surface area contributed by atoms with E-state index in [1.807, 2.05) is 31.4 Å². The number of aromatic nitrogens is 1. The maximum absolute atomic E-state index is 12.4. The molecule has 2 aromatic rings. The van der Waals surface area contributed by atoms with E-state index in [2.05, 4.69) is 15.0 Å². The zero-order chi connectivity index (χ0) is 15.3. The van der Waals surface area contributed by atoms with Crippen molar-refractivity contribution in [3.8, 4) is 0 Å². The molecule has 0 bridgehead atoms. The summed E-state index contributed by atoms with van der Waals surface area (Å²) in [6, 6.07) is 8.98. The Balaban J connectivity index is 2.20. The van der Waals surface area contributed by atoms with E-state index in [0.29, 0.717) is 12.2 Å². The number of hydrogen-bond donors (Lipinski definition) is 3. The van der Waals surface area contributed by atoms with E-state index in [1.165, 1.54) is 18.0 Å². The van der Waals surface area contributed by atoms with Crippen molar-refractivity contribution in [1.82, 2.24) is 10.3 Å². The molecule has 5 nitrogen and oxygen atoms in total. The van der Waals surface area contributed by atoms with Crippen molar-refractivity contribution in [2.45, 2.75) is 23.3 Å². The largest absolute Gasteiger partial charge is 0.363 e. The number of nitrogens with one attached hydrogen (secondary N) is 3. The summed E-state index contributed by atoms with van der Waals surface area (Å²) in [5.74, 6) is 0. The topological polar surface area (TPSA) is 74.0 Å². The van der Waals surface area contributed by atoms with E-state index in [9.17, 15) is 8.42 Å². The van der Waals surface area contributed by atoms with Crippen LogP contribution in [0.1, 0.15) is 12.6 Å². The summed E-state index contributed by atoms with van der Waals surface area (Å²) < 4.78 is 27.4. The lowest BCUT2D eigenvalue weighted by atomic mass is 10.3. The summed E-state index contributed by atoms with van der Waals surface area (Å²) in [4.78, 5) is 4.11. The van der Waals surface area contributed by atoms with Gasteiger partial charge < -0.3 is 10.3 Å². The SMILES string of the molecule is CCNCc1cc(S(=O)(=O)Nc2ccccc2SC)c[nH]1. The zero-order valence-corrected chi connectivity index (χ0v) is 13.6. The molecule has 1 aromatic carbocycles. The molecule has 0 radical (unpaired) electrons. The Morgan fingerprint density at radius 1 is 1.29 bits per heavy atom. The Kier molecular flexibility index (Phi) is 5.33. The molecule has 0 aliphatic rings. The van der Waals surface area contributed by atoms with Gasteiger partial charge in [-0.3, -0.25) is 4.72 Å². The molecule has 21 heavy (non-hydrogen) atoms. The highest BCUT2D eigenvalue weighted by Gasteiger charge is 2.17. The predicted octanol–water partition coefficient (Wildman–Crippen LogP) is 2.65. The molecule has 0 spiro atoms. The zero-order valence-electron chi connectivity index (χ0n) is 12.0. The second-order valence-corrected chi connectivity index (χ2v) is 6.98. The molecule has 0 saturated heterocycles. The summed E-state index contributed by atoms with van der Waals surface area (Å²) >= 11 is 1.50. The first-order valence-corrected chi connectivity index (χ1v) is 9.31. The van der Waals surface area contributed by atoms with Crippen LogP contribution < -0.4 is 10.0 Å². The predicted molar refractivity (Wildman–Crippen MR) is 87.2 cm³/mol. The molecule has 114 valence electrons. The molecule has 1 aromatic heterocycles. The fourth-order valence-corrected chi connectivity index (χ4v) is 3.58. The lowest BCUT2D eigenvalue weighted by molar-refractivity contribution is 0.601. The van der Waals surface area contributed by atoms with Gasteiger partial charge in [-0.1, -0.05) is 19.1 Å². The van der Waals surface area contributed by atoms with Crippen LogP contribution in [0, 0.1) is 0 Å². The van der Waals surface area contributed by atoms with Crippen LogP contribution in [0.2, 0.25) is 0 Å². The lowest BCUT2D eigenvalue weighted by Gasteiger charge is -2.09. The smallest absolute Gasteiger partial charge is 0.263 e. The number of aromatic amines is 1. The molecule has 3 N–H and O–H groups in total. The fraction of sp³-hybridized carbons (Fsp3) is 0.286. The van der Waals surface area contributed by atoms with Crippen LogP contribution in [0.4, 0.5) is 5.69 Å². The first-order valence-electron chi connectivity index (χ1n) is 6.60. The number of sulfonamides is 1. The molecule has 2 rings (SSSR count). The summed E-state index contributed by atoms with van der Waals surface area (Å²) in [7, 11) is -3.57. The number of rotatable bonds is 7. The first kappa shape index (κ1) is 15.9. The standard InChI is InChI=1S/C14H19N3O2S2/c1-3-15-9-11-8-12(10-16-11)21(18,19)17-13-6-4-5-7-14(13)20-2/h4-8,10,15-17H,3,9H2,1-2H3. The third-order valence-corrected chi connectivity index (χ3v) is 5.08. The molecular formula is C14H19N3O2S2. The van der Waals surface area contributed by atoms with Gasteiger partial charge in [0, 0.05) is 23.3 Å². The Bertz CT molecular complexity index is 696. The number of anilines is 1. The summed E-state index contributed by atoms with van der Waals surface area (Å²) in [5, 5.41) is 3.15. The minimum absolute atomic E-state index is 0.242. The monoisotopic (exact) mass is 325 g/mol. The van der Waals surface area contributed by atoms with Gasteiger partial charge in [-0.15, -0.1) is 11.8 Å². The Hall–Kier alpha value is -1.44. The maximum atomic E-state index is 12.4. The molecule has 0 atom stereocenters. The van der Waals surface area contributed by atoms with Gasteiger partial charge in [-0.25, -0.2) is 8.42 Å². The van der Waals surface area contributed by atoms with Gasteiger partial charge in [-0.05, 0) is 31.0 Å². The van der Waals surface area contributed by atoms with E-state index in [0.717, 1.165) is 17.1 Å². The van der Waals surface area contributed by atoms with Crippen LogP contribution in [0.5, 0.6) is 0 Å². The van der Waals surface area contributed by atoms with E-state index >= 15 is 0 Å². The van der Waals surface area contributed by atoms with Crippen molar-refractivity contribution in [2.24, 2.45) is 0 Å². The molecule has 7 heteroatoms. The molecular weight excluding hydrogens is 306 g/mol. The van der Waals surface area contributed by atoms with Crippen molar-refractivity contribution in [3.63, 3.8) is 0 Å². The highest BCUT2D eigenvalue weighted by Crippen LogP contribution is 2.27. The second-order valence-electron chi connectivity index (χ2n) is 4.45. The lowest BCUT2D eigenvalue weighted by Crippen LogP contribution is -2.13. The Labute approximate surface area is 129 Å². The van der Waals surface area contributed by atoms with Crippen LogP contribution in [0.3, 0.4) is 0 Å². The summed E-state index contributed by atoms with van der Waals surface area (Å²) in [6.07, 6.45) is 3.43. The van der Waals surface area contributed by atoms with Crippen LogP contribution in [-0.2, 0) is 16.6 Å². The number of thioether (sulfide) groups is 1. The van der Waals surface area contributed by atoms with Crippen molar-refractivity contribution in [3.05, 3.63) is 42.2 Å². The van der Waals surface area contributed by atoms with Crippen molar-refractivity contribution >= 4 is 27.5 Å². The molecule has 0 aliphatic heterocycles. The number of hydrogen-bond acceptors (Lipinski definition) is 4. The number of H-pyrrole nitrogens is 1. The molecule has 0 amide bonds. The van der Waals surface area contributed by atoms with E-state index in [-0.39, 0.29) is 4.90 Å². The highest BCUT2D eigenvalue weighted by molar-refractivity contribution is 7.99. The highest BCUT2D eigenvalue weighted by atomic mass is 32.2.